The fourth-order valence-electron chi connectivity index (χ4n) is 1.04. The van der Waals surface area contributed by atoms with Gasteiger partial charge in [-0.05, 0) is 13.8 Å². The molecule has 0 aromatic carbocycles. The van der Waals surface area contributed by atoms with E-state index in [2.05, 4.69) is 30.7 Å². The number of halogens is 1. The zero-order valence-corrected chi connectivity index (χ0v) is 9.53. The smallest absolute Gasteiger partial charge is 0.134 e. The highest BCUT2D eigenvalue weighted by Gasteiger charge is 2.19. The third-order valence-electron chi connectivity index (χ3n) is 1.85. The van der Waals surface area contributed by atoms with Crippen molar-refractivity contribution in [3.63, 3.8) is 0 Å². The average Bonchev–Trinajstić information content (AvgIpc) is 1.97. The number of nitrogens with zero attached hydrogens (tertiary/aromatic N) is 2. The quantitative estimate of drug-likeness (QED) is 0.641. The van der Waals surface area contributed by atoms with E-state index < -0.39 is 0 Å². The molecule has 0 aliphatic rings. The Morgan fingerprint density at radius 3 is 1.69 bits per heavy atom. The molecule has 72 valence electrons. The van der Waals surface area contributed by atoms with Gasteiger partial charge in [-0.2, -0.15) is 0 Å². The Labute approximate surface area is 84.4 Å². The number of aryl methyl sites for hydroxylation is 2. The van der Waals surface area contributed by atoms with E-state index in [4.69, 9.17) is 11.6 Å². The molecule has 0 bridgehead atoms. The summed E-state index contributed by atoms with van der Waals surface area (Å²) >= 11 is 5.97. The molecular weight excluding hydrogens is 184 g/mol. The van der Waals surface area contributed by atoms with Crippen LogP contribution in [0, 0.1) is 13.8 Å². The number of aromatic nitrogens is 2. The maximum atomic E-state index is 5.97. The van der Waals surface area contributed by atoms with Crippen molar-refractivity contribution >= 4 is 11.6 Å². The van der Waals surface area contributed by atoms with Gasteiger partial charge in [-0.1, -0.05) is 32.4 Å². The second kappa shape index (κ2) is 3.26. The zero-order valence-electron chi connectivity index (χ0n) is 8.77. The fraction of sp³-hybridized carbons (Fsp3) is 0.600. The molecule has 2 nitrogen and oxygen atoms in total. The Kier molecular flexibility index (Phi) is 2.62. The van der Waals surface area contributed by atoms with Crippen molar-refractivity contribution in [2.45, 2.75) is 40.0 Å². The fourth-order valence-corrected chi connectivity index (χ4v) is 1.12. The summed E-state index contributed by atoms with van der Waals surface area (Å²) in [5, 5.41) is 0.674. The third kappa shape index (κ3) is 2.19. The summed E-state index contributed by atoms with van der Waals surface area (Å²) in [7, 11) is 0. The third-order valence-corrected chi connectivity index (χ3v) is 2.40. The standard InChI is InChI=1S/C10H15ClN2/c1-6-8(11)7(2)13-9(12-6)10(3,4)5/h1-5H3. The molecule has 1 aromatic rings. The topological polar surface area (TPSA) is 25.8 Å². The van der Waals surface area contributed by atoms with Gasteiger partial charge in [0.25, 0.3) is 0 Å². The summed E-state index contributed by atoms with van der Waals surface area (Å²) in [6.45, 7) is 10.1. The molecule has 0 aliphatic heterocycles. The van der Waals surface area contributed by atoms with Gasteiger partial charge in [0, 0.05) is 5.41 Å². The molecule has 0 saturated heterocycles. The Morgan fingerprint density at radius 1 is 1.00 bits per heavy atom. The normalized spacial score (nSPS) is 11.8. The van der Waals surface area contributed by atoms with E-state index in [9.17, 15) is 0 Å². The van der Waals surface area contributed by atoms with Gasteiger partial charge in [0.2, 0.25) is 0 Å². The van der Waals surface area contributed by atoms with E-state index in [1.807, 2.05) is 13.8 Å². The Bertz CT molecular complexity index is 303. The molecule has 1 rings (SSSR count). The first kappa shape index (κ1) is 10.5. The largest absolute Gasteiger partial charge is 0.236 e. The predicted molar refractivity (Wildman–Crippen MR) is 55.2 cm³/mol. The van der Waals surface area contributed by atoms with Crippen molar-refractivity contribution in [2.75, 3.05) is 0 Å². The van der Waals surface area contributed by atoms with E-state index in [0.717, 1.165) is 17.2 Å². The molecule has 1 heterocycles. The first-order chi connectivity index (χ1) is 5.82. The van der Waals surface area contributed by atoms with Crippen LogP contribution >= 0.6 is 11.6 Å². The van der Waals surface area contributed by atoms with Crippen LogP contribution in [0.1, 0.15) is 38.0 Å². The van der Waals surface area contributed by atoms with Crippen LogP contribution in [0.25, 0.3) is 0 Å². The lowest BCUT2D eigenvalue weighted by Gasteiger charge is -2.17. The van der Waals surface area contributed by atoms with Crippen molar-refractivity contribution in [1.82, 2.24) is 9.97 Å². The van der Waals surface area contributed by atoms with Crippen LogP contribution in [0.2, 0.25) is 5.02 Å². The first-order valence-corrected chi connectivity index (χ1v) is 4.71. The number of hydrogen-bond donors (Lipinski definition) is 0. The molecule has 13 heavy (non-hydrogen) atoms. The molecule has 0 unspecified atom stereocenters. The number of rotatable bonds is 0. The van der Waals surface area contributed by atoms with E-state index >= 15 is 0 Å². The van der Waals surface area contributed by atoms with E-state index in [1.165, 1.54) is 0 Å². The van der Waals surface area contributed by atoms with Crippen LogP contribution in [-0.4, -0.2) is 9.97 Å². The second-order valence-corrected chi connectivity index (χ2v) is 4.66. The minimum absolute atomic E-state index is 0.0138. The van der Waals surface area contributed by atoms with Crippen molar-refractivity contribution < 1.29 is 0 Å². The molecular formula is C10H15ClN2. The average molecular weight is 199 g/mol. The van der Waals surface area contributed by atoms with Gasteiger partial charge in [-0.25, -0.2) is 9.97 Å². The summed E-state index contributed by atoms with van der Waals surface area (Å²) in [4.78, 5) is 8.72. The summed E-state index contributed by atoms with van der Waals surface area (Å²) in [6, 6.07) is 0. The van der Waals surface area contributed by atoms with Gasteiger partial charge in [-0.15, -0.1) is 0 Å². The molecule has 0 amide bonds. The lowest BCUT2D eigenvalue weighted by molar-refractivity contribution is 0.541. The van der Waals surface area contributed by atoms with Crippen molar-refractivity contribution in [3.8, 4) is 0 Å². The SMILES string of the molecule is Cc1nc(C(C)(C)C)nc(C)c1Cl. The van der Waals surface area contributed by atoms with Crippen LogP contribution < -0.4 is 0 Å². The van der Waals surface area contributed by atoms with Crippen LogP contribution in [0.3, 0.4) is 0 Å². The van der Waals surface area contributed by atoms with E-state index in [0.29, 0.717) is 5.02 Å². The summed E-state index contributed by atoms with van der Waals surface area (Å²) in [5.41, 5.74) is 1.71. The highest BCUT2D eigenvalue weighted by Crippen LogP contribution is 2.23. The molecule has 0 N–H and O–H groups in total. The lowest BCUT2D eigenvalue weighted by atomic mass is 9.95. The second-order valence-electron chi connectivity index (χ2n) is 4.28. The molecule has 0 fully saturated rings. The Morgan fingerprint density at radius 2 is 1.38 bits per heavy atom. The zero-order chi connectivity index (χ0) is 10.2. The lowest BCUT2D eigenvalue weighted by Crippen LogP contribution is -2.17. The van der Waals surface area contributed by atoms with Gasteiger partial charge in [0.15, 0.2) is 0 Å². The van der Waals surface area contributed by atoms with E-state index in [-0.39, 0.29) is 5.41 Å². The summed E-state index contributed by atoms with van der Waals surface area (Å²) in [5.74, 6) is 0.854. The summed E-state index contributed by atoms with van der Waals surface area (Å²) in [6.07, 6.45) is 0. The van der Waals surface area contributed by atoms with Gasteiger partial charge in [-0.3, -0.25) is 0 Å². The maximum absolute atomic E-state index is 5.97. The molecule has 0 atom stereocenters. The van der Waals surface area contributed by atoms with E-state index in [1.54, 1.807) is 0 Å². The van der Waals surface area contributed by atoms with Gasteiger partial charge >= 0.3 is 0 Å². The minimum Gasteiger partial charge on any atom is -0.236 e. The van der Waals surface area contributed by atoms with Crippen LogP contribution in [0.5, 0.6) is 0 Å². The van der Waals surface area contributed by atoms with Gasteiger partial charge in [0.05, 0.1) is 16.4 Å². The predicted octanol–water partition coefficient (Wildman–Crippen LogP) is 3.04. The van der Waals surface area contributed by atoms with Crippen molar-refractivity contribution in [3.05, 3.63) is 22.2 Å². The highest BCUT2D eigenvalue weighted by molar-refractivity contribution is 6.31. The molecule has 0 saturated carbocycles. The van der Waals surface area contributed by atoms with Gasteiger partial charge in [0.1, 0.15) is 5.82 Å². The molecule has 0 radical (unpaired) electrons. The Balaban J connectivity index is 3.29. The van der Waals surface area contributed by atoms with Crippen LogP contribution in [0.4, 0.5) is 0 Å². The van der Waals surface area contributed by atoms with Crippen LogP contribution in [-0.2, 0) is 5.41 Å². The molecule has 1 aromatic heterocycles. The molecule has 3 heteroatoms. The maximum Gasteiger partial charge on any atom is 0.134 e. The summed E-state index contributed by atoms with van der Waals surface area (Å²) < 4.78 is 0. The number of hydrogen-bond acceptors (Lipinski definition) is 2. The van der Waals surface area contributed by atoms with Crippen LogP contribution in [0.15, 0.2) is 0 Å². The minimum atomic E-state index is -0.0138. The molecule has 0 spiro atoms. The first-order valence-electron chi connectivity index (χ1n) is 4.33. The highest BCUT2D eigenvalue weighted by atomic mass is 35.5. The van der Waals surface area contributed by atoms with Crippen molar-refractivity contribution in [1.29, 1.82) is 0 Å². The molecule has 0 aliphatic carbocycles. The monoisotopic (exact) mass is 198 g/mol. The van der Waals surface area contributed by atoms with Gasteiger partial charge < -0.3 is 0 Å². The van der Waals surface area contributed by atoms with Crippen molar-refractivity contribution in [2.24, 2.45) is 0 Å². The Hall–Kier alpha value is -0.630.